The molecule has 0 unspecified atom stereocenters. The van der Waals surface area contributed by atoms with Gasteiger partial charge in [0, 0.05) is 6.08 Å². The predicted octanol–water partition coefficient (Wildman–Crippen LogP) is 2.27. The first kappa shape index (κ1) is 14.4. The molecule has 1 aliphatic heterocycles. The van der Waals surface area contributed by atoms with Crippen molar-refractivity contribution in [2.45, 2.75) is 6.10 Å². The van der Waals surface area contributed by atoms with E-state index in [4.69, 9.17) is 13.9 Å². The summed E-state index contributed by atoms with van der Waals surface area (Å²) in [6, 6.07) is 7.48. The van der Waals surface area contributed by atoms with E-state index in [1.165, 1.54) is 13.2 Å². The molecule has 1 aromatic carbocycles. The van der Waals surface area contributed by atoms with Crippen molar-refractivity contribution in [2.24, 2.45) is 5.92 Å². The Labute approximate surface area is 128 Å². The van der Waals surface area contributed by atoms with Crippen LogP contribution in [0, 0.1) is 5.92 Å². The van der Waals surface area contributed by atoms with Crippen LogP contribution >= 0.6 is 0 Å². The molecule has 3 rings (SSSR count). The molecule has 1 aromatic rings. The fourth-order valence-corrected chi connectivity index (χ4v) is 2.54. The van der Waals surface area contributed by atoms with Gasteiger partial charge in [0.05, 0.1) is 25.9 Å². The summed E-state index contributed by atoms with van der Waals surface area (Å²) in [7, 11) is 3.07. The van der Waals surface area contributed by atoms with Crippen molar-refractivity contribution in [2.75, 3.05) is 14.2 Å². The lowest BCUT2D eigenvalue weighted by Gasteiger charge is -2.20. The molecule has 5 nitrogen and oxygen atoms in total. The van der Waals surface area contributed by atoms with E-state index in [0.29, 0.717) is 17.3 Å². The lowest BCUT2D eigenvalue weighted by Crippen LogP contribution is -2.24. The Kier molecular flexibility index (Phi) is 3.73. The van der Waals surface area contributed by atoms with Gasteiger partial charge in [-0.2, -0.15) is 0 Å². The number of aliphatic hydroxyl groups excluding tert-OH is 2. The summed E-state index contributed by atoms with van der Waals surface area (Å²) in [5.74, 6) is 1.76. The molecule has 22 heavy (non-hydrogen) atoms. The van der Waals surface area contributed by atoms with Gasteiger partial charge < -0.3 is 19.7 Å². The van der Waals surface area contributed by atoms with Crippen molar-refractivity contribution >= 4 is 5.78 Å². The third-order valence-electron chi connectivity index (χ3n) is 3.71. The highest BCUT2D eigenvalue weighted by Crippen LogP contribution is 2.34. The maximum Gasteiger partial charge on any atom is 0.359 e. The second-order valence-electron chi connectivity index (χ2n) is 5.00. The van der Waals surface area contributed by atoms with Crippen LogP contribution in [0.3, 0.4) is 0 Å². The first-order valence-electron chi connectivity index (χ1n) is 6.88. The summed E-state index contributed by atoms with van der Waals surface area (Å²) in [6.07, 6.45) is 4.06. The molecule has 0 spiro atoms. The second kappa shape index (κ2) is 5.69. The summed E-state index contributed by atoms with van der Waals surface area (Å²) in [5, 5.41) is 19.7. The van der Waals surface area contributed by atoms with Gasteiger partial charge in [-0.05, 0) is 24.3 Å². The number of hydrogen-bond acceptors (Lipinski definition) is 4. The van der Waals surface area contributed by atoms with Gasteiger partial charge in [0.1, 0.15) is 11.9 Å². The van der Waals surface area contributed by atoms with Crippen LogP contribution in [0.1, 0.15) is 9.99 Å². The average molecular weight is 301 g/mol. The Hall–Kier alpha value is -2.53. The SMILES string of the molecule is COC1=C(O)[C@H](O)C=C2[O+]=C(c3ccc(OC)cc3)C=C[C@H]21. The zero-order valence-corrected chi connectivity index (χ0v) is 12.3. The molecule has 2 atom stereocenters. The van der Waals surface area contributed by atoms with Gasteiger partial charge in [0.2, 0.25) is 0 Å². The van der Waals surface area contributed by atoms with Crippen LogP contribution in [0.25, 0.3) is 0 Å². The van der Waals surface area contributed by atoms with Crippen LogP contribution < -0.4 is 4.74 Å². The van der Waals surface area contributed by atoms with Crippen LogP contribution in [0.15, 0.2) is 59.8 Å². The number of rotatable bonds is 3. The van der Waals surface area contributed by atoms with Crippen molar-refractivity contribution in [3.05, 3.63) is 65.3 Å². The summed E-state index contributed by atoms with van der Waals surface area (Å²) in [5.41, 5.74) is 0.892. The number of methoxy groups -OCH3 is 2. The third kappa shape index (κ3) is 2.40. The van der Waals surface area contributed by atoms with Crippen LogP contribution in [0.4, 0.5) is 0 Å². The predicted molar refractivity (Wildman–Crippen MR) is 80.7 cm³/mol. The Morgan fingerprint density at radius 3 is 2.45 bits per heavy atom. The number of ketones is 1. The van der Waals surface area contributed by atoms with E-state index in [9.17, 15) is 10.2 Å². The second-order valence-corrected chi connectivity index (χ2v) is 5.00. The van der Waals surface area contributed by atoms with E-state index < -0.39 is 6.10 Å². The minimum absolute atomic E-state index is 0.183. The quantitative estimate of drug-likeness (QED) is 0.840. The number of hydrogen-bond donors (Lipinski definition) is 2. The van der Waals surface area contributed by atoms with Gasteiger partial charge in [-0.25, -0.2) is 4.42 Å². The van der Waals surface area contributed by atoms with E-state index in [0.717, 1.165) is 11.3 Å². The zero-order chi connectivity index (χ0) is 15.7. The van der Waals surface area contributed by atoms with Crippen molar-refractivity contribution < 1.29 is 24.1 Å². The Morgan fingerprint density at radius 2 is 1.82 bits per heavy atom. The highest BCUT2D eigenvalue weighted by atomic mass is 16.5. The molecular formula is C17H17O5+. The summed E-state index contributed by atoms with van der Waals surface area (Å²) in [6.45, 7) is 0. The zero-order valence-electron chi connectivity index (χ0n) is 12.3. The number of aliphatic hydroxyl groups is 2. The van der Waals surface area contributed by atoms with Crippen molar-refractivity contribution in [3.8, 4) is 5.75 Å². The summed E-state index contributed by atoms with van der Waals surface area (Å²) >= 11 is 0. The Balaban J connectivity index is 1.94. The summed E-state index contributed by atoms with van der Waals surface area (Å²) < 4.78 is 16.2. The number of allylic oxidation sites excluding steroid dienone is 1. The monoisotopic (exact) mass is 301 g/mol. The van der Waals surface area contributed by atoms with E-state index in [-0.39, 0.29) is 11.7 Å². The third-order valence-corrected chi connectivity index (χ3v) is 3.71. The molecule has 0 aromatic heterocycles. The number of ether oxygens (including phenoxy) is 2. The molecule has 0 saturated carbocycles. The standard InChI is InChI=1S/C17H16O5/c1-20-11-5-3-10(4-6-11)14-8-7-12-15(22-14)9-13(18)16(19)17(12)21-2/h3-9,12-13,18H,1-2H3/p+1/t12-,13-/m1/s1. The van der Waals surface area contributed by atoms with Crippen molar-refractivity contribution in [3.63, 3.8) is 0 Å². The average Bonchev–Trinajstić information content (AvgIpc) is 2.56. The van der Waals surface area contributed by atoms with Gasteiger partial charge in [-0.15, -0.1) is 0 Å². The molecule has 0 bridgehead atoms. The largest absolute Gasteiger partial charge is 0.506 e. The van der Waals surface area contributed by atoms with Crippen LogP contribution in [-0.2, 0) is 4.74 Å². The van der Waals surface area contributed by atoms with Gasteiger partial charge in [-0.3, -0.25) is 0 Å². The molecule has 1 heterocycles. The first-order chi connectivity index (χ1) is 10.6. The van der Waals surface area contributed by atoms with Gasteiger partial charge in [-0.1, -0.05) is 6.08 Å². The molecule has 2 N–H and O–H groups in total. The Morgan fingerprint density at radius 1 is 1.09 bits per heavy atom. The minimum Gasteiger partial charge on any atom is -0.506 e. The number of fused-ring (bicyclic) bond motifs is 1. The minimum atomic E-state index is -1.12. The van der Waals surface area contributed by atoms with Gasteiger partial charge >= 0.3 is 11.5 Å². The molecule has 0 amide bonds. The van der Waals surface area contributed by atoms with Crippen LogP contribution in [-0.4, -0.2) is 36.3 Å². The fraction of sp³-hybridized carbons (Fsp3) is 0.235. The number of carbonyl (C=O) groups excluding carboxylic acids is 1. The first-order valence-corrected chi connectivity index (χ1v) is 6.88. The van der Waals surface area contributed by atoms with E-state index in [2.05, 4.69) is 0 Å². The Bertz CT molecular complexity index is 694. The van der Waals surface area contributed by atoms with Crippen LogP contribution in [0.2, 0.25) is 0 Å². The normalized spacial score (nSPS) is 23.6. The molecule has 1 aliphatic carbocycles. The molecule has 5 heteroatoms. The lowest BCUT2D eigenvalue weighted by molar-refractivity contribution is -0.217. The lowest BCUT2D eigenvalue weighted by atomic mass is 9.93. The van der Waals surface area contributed by atoms with Crippen molar-refractivity contribution in [1.29, 1.82) is 0 Å². The molecule has 2 aliphatic rings. The number of benzene rings is 1. The van der Waals surface area contributed by atoms with Crippen molar-refractivity contribution in [1.82, 2.24) is 0 Å². The van der Waals surface area contributed by atoms with E-state index in [1.54, 1.807) is 7.11 Å². The molecule has 0 saturated heterocycles. The van der Waals surface area contributed by atoms with E-state index in [1.807, 2.05) is 36.4 Å². The maximum absolute atomic E-state index is 9.87. The van der Waals surface area contributed by atoms with Gasteiger partial charge in [0.25, 0.3) is 0 Å². The smallest absolute Gasteiger partial charge is 0.359 e. The highest BCUT2D eigenvalue weighted by Gasteiger charge is 2.40. The molecule has 114 valence electrons. The highest BCUT2D eigenvalue weighted by molar-refractivity contribution is 6.05. The summed E-state index contributed by atoms with van der Waals surface area (Å²) in [4.78, 5) is 0. The van der Waals surface area contributed by atoms with E-state index >= 15 is 0 Å². The maximum atomic E-state index is 9.87. The fourth-order valence-electron chi connectivity index (χ4n) is 2.54. The molecule has 0 radical (unpaired) electrons. The molecule has 0 fully saturated rings. The van der Waals surface area contributed by atoms with Gasteiger partial charge in [0.15, 0.2) is 17.4 Å². The van der Waals surface area contributed by atoms with Crippen LogP contribution in [0.5, 0.6) is 5.75 Å². The topological polar surface area (TPSA) is 70.2 Å². The molecular weight excluding hydrogens is 284 g/mol.